The van der Waals surface area contributed by atoms with Crippen LogP contribution in [0.15, 0.2) is 12.3 Å². The van der Waals surface area contributed by atoms with Gasteiger partial charge in [-0.1, -0.05) is 11.6 Å². The van der Waals surface area contributed by atoms with Gasteiger partial charge in [-0.3, -0.25) is 5.32 Å². The number of carboxylic acid groups (broad SMARTS) is 1. The van der Waals surface area contributed by atoms with Gasteiger partial charge >= 0.3 is 6.09 Å². The summed E-state index contributed by atoms with van der Waals surface area (Å²) in [6, 6.07) is 1.45. The van der Waals surface area contributed by atoms with Crippen molar-refractivity contribution < 1.29 is 14.6 Å². The van der Waals surface area contributed by atoms with Gasteiger partial charge in [0.1, 0.15) is 0 Å². The molecular weight excluding hydrogens is 196 g/mol. The number of amides is 1. The van der Waals surface area contributed by atoms with Gasteiger partial charge < -0.3 is 9.84 Å². The van der Waals surface area contributed by atoms with Crippen molar-refractivity contribution in [2.75, 3.05) is 12.4 Å². The Kier molecular flexibility index (Phi) is 2.92. The number of halogens is 1. The van der Waals surface area contributed by atoms with E-state index in [0.717, 1.165) is 0 Å². The maximum Gasteiger partial charge on any atom is 0.409 e. The van der Waals surface area contributed by atoms with Crippen LogP contribution >= 0.6 is 11.6 Å². The Labute approximate surface area is 79.3 Å². The van der Waals surface area contributed by atoms with E-state index in [1.54, 1.807) is 0 Å². The predicted octanol–water partition coefficient (Wildman–Crippen LogP) is 1.83. The molecule has 13 heavy (non-hydrogen) atoms. The summed E-state index contributed by atoms with van der Waals surface area (Å²) < 4.78 is 4.84. The van der Waals surface area contributed by atoms with Gasteiger partial charge in [0.25, 0.3) is 0 Å². The van der Waals surface area contributed by atoms with Crippen LogP contribution in [-0.4, -0.2) is 23.3 Å². The van der Waals surface area contributed by atoms with E-state index in [1.807, 2.05) is 0 Å². The van der Waals surface area contributed by atoms with Crippen molar-refractivity contribution >= 4 is 23.4 Å². The Hall–Kier alpha value is -1.49. The normalized spacial score (nSPS) is 9.38. The smallest absolute Gasteiger partial charge is 0.409 e. The van der Waals surface area contributed by atoms with Gasteiger partial charge in [-0.15, -0.1) is 0 Å². The Morgan fingerprint density at radius 2 is 2.46 bits per heavy atom. The van der Waals surface area contributed by atoms with Gasteiger partial charge in [0.05, 0.1) is 19.0 Å². The minimum absolute atomic E-state index is 0.193. The molecule has 0 saturated carbocycles. The van der Waals surface area contributed by atoms with E-state index in [-0.39, 0.29) is 5.15 Å². The molecule has 1 aromatic rings. The van der Waals surface area contributed by atoms with Crippen LogP contribution in [0.2, 0.25) is 5.15 Å². The van der Waals surface area contributed by atoms with Gasteiger partial charge in [0, 0.05) is 6.07 Å². The fraction of sp³-hybridized carbons (Fsp3) is 0.143. The molecule has 0 atom stereocenters. The summed E-state index contributed by atoms with van der Waals surface area (Å²) in [5.74, 6) is 0.327. The number of hydrogen-bond acceptors (Lipinski definition) is 3. The van der Waals surface area contributed by atoms with Crippen molar-refractivity contribution in [1.29, 1.82) is 0 Å². The lowest BCUT2D eigenvalue weighted by Crippen LogP contribution is -2.07. The quantitative estimate of drug-likeness (QED) is 0.718. The van der Waals surface area contributed by atoms with E-state index in [9.17, 15) is 4.79 Å². The van der Waals surface area contributed by atoms with Gasteiger partial charge in [0.2, 0.25) is 0 Å². The average molecular weight is 203 g/mol. The molecule has 0 aliphatic carbocycles. The summed E-state index contributed by atoms with van der Waals surface area (Å²) in [4.78, 5) is 14.0. The Morgan fingerprint density at radius 3 is 3.00 bits per heavy atom. The van der Waals surface area contributed by atoms with Crippen LogP contribution in [-0.2, 0) is 0 Å². The van der Waals surface area contributed by atoms with Gasteiger partial charge in [0.15, 0.2) is 10.9 Å². The molecule has 1 amide bonds. The molecule has 0 bridgehead atoms. The lowest BCUT2D eigenvalue weighted by atomic mass is 10.4. The highest BCUT2D eigenvalue weighted by Gasteiger charge is 2.04. The maximum atomic E-state index is 10.2. The van der Waals surface area contributed by atoms with Crippen LogP contribution in [0.4, 0.5) is 10.5 Å². The monoisotopic (exact) mass is 202 g/mol. The first kappa shape index (κ1) is 9.60. The third-order valence-corrected chi connectivity index (χ3v) is 1.56. The lowest BCUT2D eigenvalue weighted by molar-refractivity contribution is 0.209. The zero-order chi connectivity index (χ0) is 9.84. The van der Waals surface area contributed by atoms with Crippen molar-refractivity contribution in [2.24, 2.45) is 0 Å². The molecule has 0 radical (unpaired) electrons. The summed E-state index contributed by atoms with van der Waals surface area (Å²) in [6.07, 6.45) is 0.144. The van der Waals surface area contributed by atoms with Gasteiger partial charge in [-0.25, -0.2) is 9.78 Å². The van der Waals surface area contributed by atoms with E-state index in [0.29, 0.717) is 11.4 Å². The molecule has 0 saturated heterocycles. The number of pyridine rings is 1. The predicted molar refractivity (Wildman–Crippen MR) is 47.4 cm³/mol. The number of hydrogen-bond donors (Lipinski definition) is 2. The number of nitrogens with zero attached hydrogens (tertiary/aromatic N) is 1. The first-order valence-electron chi connectivity index (χ1n) is 3.33. The van der Waals surface area contributed by atoms with Crippen molar-refractivity contribution in [3.8, 4) is 5.75 Å². The largest absolute Gasteiger partial charge is 0.493 e. The first-order valence-corrected chi connectivity index (χ1v) is 3.70. The van der Waals surface area contributed by atoms with Crippen LogP contribution in [0.25, 0.3) is 0 Å². The van der Waals surface area contributed by atoms with E-state index >= 15 is 0 Å². The Bertz CT molecular complexity index is 330. The highest BCUT2D eigenvalue weighted by molar-refractivity contribution is 6.30. The zero-order valence-corrected chi connectivity index (χ0v) is 7.50. The van der Waals surface area contributed by atoms with Crippen molar-refractivity contribution in [2.45, 2.75) is 0 Å². The summed E-state index contributed by atoms with van der Waals surface area (Å²) in [6.45, 7) is 0. The van der Waals surface area contributed by atoms with Crippen LogP contribution in [0.3, 0.4) is 0 Å². The fourth-order valence-corrected chi connectivity index (χ4v) is 0.943. The number of nitrogens with one attached hydrogen (secondary N) is 1. The summed E-state index contributed by atoms with van der Waals surface area (Å²) in [5, 5.41) is 10.7. The summed E-state index contributed by atoms with van der Waals surface area (Å²) in [5.41, 5.74) is 0.314. The molecule has 1 aromatic heterocycles. The number of aromatic nitrogens is 1. The number of rotatable bonds is 2. The topological polar surface area (TPSA) is 71.5 Å². The fourth-order valence-electron chi connectivity index (χ4n) is 0.763. The second kappa shape index (κ2) is 3.95. The molecule has 2 N–H and O–H groups in total. The number of methoxy groups -OCH3 is 1. The summed E-state index contributed by atoms with van der Waals surface area (Å²) >= 11 is 5.62. The highest BCUT2D eigenvalue weighted by atomic mass is 35.5. The zero-order valence-electron chi connectivity index (χ0n) is 6.74. The lowest BCUT2D eigenvalue weighted by Gasteiger charge is -2.04. The molecule has 70 valence electrons. The van der Waals surface area contributed by atoms with E-state index in [4.69, 9.17) is 21.4 Å². The van der Waals surface area contributed by atoms with E-state index < -0.39 is 6.09 Å². The van der Waals surface area contributed by atoms with Crippen LogP contribution in [0.1, 0.15) is 0 Å². The van der Waals surface area contributed by atoms with E-state index in [2.05, 4.69) is 10.3 Å². The number of anilines is 1. The Balaban J connectivity index is 2.92. The second-order valence-corrected chi connectivity index (χ2v) is 2.51. The molecule has 1 heterocycles. The molecule has 0 unspecified atom stereocenters. The second-order valence-electron chi connectivity index (χ2n) is 2.15. The van der Waals surface area contributed by atoms with Crippen molar-refractivity contribution in [3.63, 3.8) is 0 Å². The van der Waals surface area contributed by atoms with Crippen molar-refractivity contribution in [3.05, 3.63) is 17.4 Å². The molecule has 6 heteroatoms. The average Bonchev–Trinajstić information content (AvgIpc) is 2.07. The van der Waals surface area contributed by atoms with Crippen LogP contribution < -0.4 is 10.1 Å². The molecule has 0 aromatic carbocycles. The van der Waals surface area contributed by atoms with Crippen LogP contribution in [0, 0.1) is 0 Å². The van der Waals surface area contributed by atoms with E-state index in [1.165, 1.54) is 19.4 Å². The molecule has 0 fully saturated rings. The molecule has 0 aliphatic rings. The maximum absolute atomic E-state index is 10.2. The minimum atomic E-state index is -1.16. The SMILES string of the molecule is COc1cc(NC(=O)O)cnc1Cl. The molecule has 0 aliphatic heterocycles. The number of carbonyl (C=O) groups is 1. The van der Waals surface area contributed by atoms with Gasteiger partial charge in [-0.2, -0.15) is 0 Å². The molecule has 1 rings (SSSR count). The minimum Gasteiger partial charge on any atom is -0.493 e. The van der Waals surface area contributed by atoms with Gasteiger partial charge in [-0.05, 0) is 0 Å². The third-order valence-electron chi connectivity index (χ3n) is 1.28. The third kappa shape index (κ3) is 2.48. The molecule has 5 nitrogen and oxygen atoms in total. The highest BCUT2D eigenvalue weighted by Crippen LogP contribution is 2.24. The molecular formula is C7H7ClN2O3. The first-order chi connectivity index (χ1) is 6.13. The van der Waals surface area contributed by atoms with Crippen molar-refractivity contribution in [1.82, 2.24) is 4.98 Å². The Morgan fingerprint density at radius 1 is 1.77 bits per heavy atom. The molecule has 0 spiro atoms. The summed E-state index contributed by atoms with van der Waals surface area (Å²) in [7, 11) is 1.42. The van der Waals surface area contributed by atoms with Crippen LogP contribution in [0.5, 0.6) is 5.75 Å². The standard InChI is InChI=1S/C7H7ClN2O3/c1-13-5-2-4(10-7(11)12)3-9-6(5)8/h2-3,10H,1H3,(H,11,12). The number of ether oxygens (including phenoxy) is 1.